The zero-order valence-electron chi connectivity index (χ0n) is 14.0. The van der Waals surface area contributed by atoms with Gasteiger partial charge in [0.25, 0.3) is 0 Å². The number of hydrogen-bond acceptors (Lipinski definition) is 5. The van der Waals surface area contributed by atoms with E-state index in [4.69, 9.17) is 9.15 Å². The minimum atomic E-state index is -3.34. The summed E-state index contributed by atoms with van der Waals surface area (Å²) in [5.74, 6) is -0.552. The summed E-state index contributed by atoms with van der Waals surface area (Å²) in [5.41, 5.74) is -0.409. The van der Waals surface area contributed by atoms with E-state index in [2.05, 4.69) is 0 Å². The van der Waals surface area contributed by atoms with Crippen LogP contribution in [0.3, 0.4) is 0 Å². The molecule has 5 nitrogen and oxygen atoms in total. The van der Waals surface area contributed by atoms with Gasteiger partial charge in [0.15, 0.2) is 21.3 Å². The molecule has 0 N–H and O–H groups in total. The van der Waals surface area contributed by atoms with E-state index in [0.29, 0.717) is 12.0 Å². The Bertz CT molecular complexity index is 969. The number of ether oxygens (including phenoxy) is 1. The maximum absolute atomic E-state index is 13.4. The smallest absolute Gasteiger partial charge is 0.213 e. The van der Waals surface area contributed by atoms with Gasteiger partial charge in [-0.25, -0.2) is 12.8 Å². The molecule has 0 fully saturated rings. The summed E-state index contributed by atoms with van der Waals surface area (Å²) in [5, 5.41) is 0. The number of carbonyl (C=O) groups excluding carboxylic acids is 1. The molecule has 0 bridgehead atoms. The molecule has 0 saturated heterocycles. The third-order valence-electron chi connectivity index (χ3n) is 4.29. The van der Waals surface area contributed by atoms with Crippen molar-refractivity contribution in [1.82, 2.24) is 0 Å². The molecule has 1 unspecified atom stereocenters. The van der Waals surface area contributed by atoms with Crippen LogP contribution in [-0.4, -0.2) is 26.1 Å². The van der Waals surface area contributed by atoms with E-state index in [1.165, 1.54) is 12.1 Å². The number of Topliss-reactive ketones (excluding diaryl/α,β-unsaturated/α-hetero) is 1. The molecule has 132 valence electrons. The quantitative estimate of drug-likeness (QED) is 0.831. The van der Waals surface area contributed by atoms with E-state index in [1.807, 2.05) is 6.92 Å². The Labute approximate surface area is 145 Å². The summed E-state index contributed by atoms with van der Waals surface area (Å²) < 4.78 is 47.6. The molecule has 1 aliphatic rings. The lowest BCUT2D eigenvalue weighted by Crippen LogP contribution is -2.32. The molecule has 0 amide bonds. The van der Waals surface area contributed by atoms with Gasteiger partial charge in [0, 0.05) is 17.9 Å². The molecule has 1 aromatic heterocycles. The fourth-order valence-corrected chi connectivity index (χ4v) is 3.28. The summed E-state index contributed by atoms with van der Waals surface area (Å²) in [4.78, 5) is 13.0. The maximum Gasteiger partial charge on any atom is 0.213 e. The topological polar surface area (TPSA) is 73.6 Å². The van der Waals surface area contributed by atoms with Gasteiger partial charge in [-0.15, -0.1) is 0 Å². The van der Waals surface area contributed by atoms with E-state index in [1.54, 1.807) is 19.1 Å². The van der Waals surface area contributed by atoms with Gasteiger partial charge in [-0.05, 0) is 37.6 Å². The first-order valence-electron chi connectivity index (χ1n) is 7.68. The van der Waals surface area contributed by atoms with E-state index < -0.39 is 21.3 Å². The lowest BCUT2D eigenvalue weighted by Gasteiger charge is -2.21. The predicted octanol–water partition coefficient (Wildman–Crippen LogP) is 3.46. The average molecular weight is 364 g/mol. The normalized spacial score (nSPS) is 20.9. The van der Waals surface area contributed by atoms with Crippen LogP contribution in [-0.2, 0) is 19.4 Å². The highest BCUT2D eigenvalue weighted by molar-refractivity contribution is 7.90. The van der Waals surface area contributed by atoms with Crippen molar-refractivity contribution < 1.29 is 26.8 Å². The summed E-state index contributed by atoms with van der Waals surface area (Å²) >= 11 is 0. The molecule has 0 radical (unpaired) electrons. The second-order valence-electron chi connectivity index (χ2n) is 6.15. The molecule has 1 aliphatic heterocycles. The van der Waals surface area contributed by atoms with Gasteiger partial charge < -0.3 is 9.15 Å². The molecule has 1 aromatic carbocycles. The Morgan fingerprint density at radius 3 is 2.32 bits per heavy atom. The molecule has 2 aromatic rings. The van der Waals surface area contributed by atoms with Crippen LogP contribution in [0.25, 0.3) is 11.3 Å². The molecular weight excluding hydrogens is 347 g/mol. The van der Waals surface area contributed by atoms with Crippen molar-refractivity contribution in [3.63, 3.8) is 0 Å². The maximum atomic E-state index is 13.4. The Hall–Kier alpha value is -2.41. The van der Waals surface area contributed by atoms with Crippen LogP contribution in [0.2, 0.25) is 0 Å². The van der Waals surface area contributed by atoms with E-state index >= 15 is 0 Å². The number of ketones is 1. The fraction of sp³-hybridized carbons (Fsp3) is 0.278. The average Bonchev–Trinajstić information content (AvgIpc) is 3.09. The van der Waals surface area contributed by atoms with Crippen LogP contribution in [0.1, 0.15) is 31.6 Å². The number of rotatable bonds is 4. The second-order valence-corrected chi connectivity index (χ2v) is 8.16. The zero-order valence-corrected chi connectivity index (χ0v) is 14.8. The molecule has 0 aliphatic carbocycles. The van der Waals surface area contributed by atoms with Gasteiger partial charge in [0.2, 0.25) is 5.78 Å². The van der Waals surface area contributed by atoms with Gasteiger partial charge in [-0.2, -0.15) is 0 Å². The largest absolute Gasteiger partial charge is 0.478 e. The Balaban J connectivity index is 2.15. The number of carbonyl (C=O) groups is 1. The highest BCUT2D eigenvalue weighted by Crippen LogP contribution is 2.43. The molecular formula is C18H17FO5S. The lowest BCUT2D eigenvalue weighted by atomic mass is 9.92. The first-order valence-corrected chi connectivity index (χ1v) is 9.58. The SMILES string of the molecule is CCC1(C)OC(c2ccc(S(C)(=O)=O)cc2)=C(c2cc(F)co2)C1=O. The van der Waals surface area contributed by atoms with Crippen molar-refractivity contribution in [1.29, 1.82) is 0 Å². The van der Waals surface area contributed by atoms with Crippen LogP contribution < -0.4 is 0 Å². The van der Waals surface area contributed by atoms with Gasteiger partial charge in [0.1, 0.15) is 23.4 Å². The highest BCUT2D eigenvalue weighted by atomic mass is 32.2. The Morgan fingerprint density at radius 2 is 1.84 bits per heavy atom. The Kier molecular flexibility index (Phi) is 4.07. The van der Waals surface area contributed by atoms with E-state index in [-0.39, 0.29) is 27.8 Å². The van der Waals surface area contributed by atoms with Gasteiger partial charge in [0.05, 0.1) is 4.90 Å². The summed E-state index contributed by atoms with van der Waals surface area (Å²) in [7, 11) is -3.34. The van der Waals surface area contributed by atoms with E-state index in [0.717, 1.165) is 18.6 Å². The standard InChI is InChI=1S/C18H17FO5S/c1-4-18(2)17(20)15(14-9-12(19)10-23-14)16(24-18)11-5-7-13(8-6-11)25(3,21)22/h5-10H,4H2,1-3H3. The van der Waals surface area contributed by atoms with Gasteiger partial charge in [-0.3, -0.25) is 4.79 Å². The number of furan rings is 1. The van der Waals surface area contributed by atoms with Crippen molar-refractivity contribution in [3.05, 3.63) is 53.7 Å². The molecule has 0 saturated carbocycles. The third-order valence-corrected chi connectivity index (χ3v) is 5.42. The lowest BCUT2D eigenvalue weighted by molar-refractivity contribution is -0.126. The second kappa shape index (κ2) is 5.84. The molecule has 2 heterocycles. The summed E-state index contributed by atoms with van der Waals surface area (Å²) in [6, 6.07) is 7.11. The number of hydrogen-bond donors (Lipinski definition) is 0. The minimum absolute atomic E-state index is 0.0851. The number of sulfone groups is 1. The molecule has 0 spiro atoms. The molecule has 3 rings (SSSR count). The zero-order chi connectivity index (χ0) is 18.4. The van der Waals surface area contributed by atoms with Crippen LogP contribution in [0.4, 0.5) is 4.39 Å². The van der Waals surface area contributed by atoms with Crippen molar-refractivity contribution in [2.75, 3.05) is 6.26 Å². The van der Waals surface area contributed by atoms with Crippen molar-refractivity contribution in [3.8, 4) is 0 Å². The van der Waals surface area contributed by atoms with Crippen LogP contribution >= 0.6 is 0 Å². The molecule has 25 heavy (non-hydrogen) atoms. The number of benzene rings is 1. The first-order chi connectivity index (χ1) is 11.7. The van der Waals surface area contributed by atoms with Crippen LogP contribution in [0.15, 0.2) is 45.9 Å². The van der Waals surface area contributed by atoms with Gasteiger partial charge >= 0.3 is 0 Å². The molecule has 7 heteroatoms. The predicted molar refractivity (Wildman–Crippen MR) is 89.8 cm³/mol. The van der Waals surface area contributed by atoms with Crippen LogP contribution in [0, 0.1) is 5.82 Å². The first kappa shape index (κ1) is 17.4. The van der Waals surface area contributed by atoms with Crippen molar-refractivity contribution in [2.24, 2.45) is 0 Å². The van der Waals surface area contributed by atoms with Crippen LogP contribution in [0.5, 0.6) is 0 Å². The summed E-state index contributed by atoms with van der Waals surface area (Å²) in [6.07, 6.45) is 2.45. The fourth-order valence-electron chi connectivity index (χ4n) is 2.65. The molecule has 1 atom stereocenters. The summed E-state index contributed by atoms with van der Waals surface area (Å²) in [6.45, 7) is 3.47. The van der Waals surface area contributed by atoms with E-state index in [9.17, 15) is 17.6 Å². The van der Waals surface area contributed by atoms with Crippen molar-refractivity contribution in [2.45, 2.75) is 30.8 Å². The monoisotopic (exact) mass is 364 g/mol. The number of halogens is 1. The third kappa shape index (κ3) is 3.00. The minimum Gasteiger partial charge on any atom is -0.478 e. The van der Waals surface area contributed by atoms with Gasteiger partial charge in [-0.1, -0.05) is 6.92 Å². The van der Waals surface area contributed by atoms with Crippen molar-refractivity contribution >= 4 is 27.0 Å². The Morgan fingerprint density at radius 1 is 1.20 bits per heavy atom. The highest BCUT2D eigenvalue weighted by Gasteiger charge is 2.46.